The zero-order valence-corrected chi connectivity index (χ0v) is 10.5. The highest BCUT2D eigenvalue weighted by atomic mass is 32.2. The van der Waals surface area contributed by atoms with Crippen LogP contribution < -0.4 is 5.32 Å². The second-order valence-electron chi connectivity index (χ2n) is 4.49. The Kier molecular flexibility index (Phi) is 2.84. The van der Waals surface area contributed by atoms with Gasteiger partial charge in [-0.3, -0.25) is 10.1 Å². The summed E-state index contributed by atoms with van der Waals surface area (Å²) in [6, 6.07) is 8.62. The maximum atomic E-state index is 11.6. The van der Waals surface area contributed by atoms with Crippen LogP contribution in [0.1, 0.15) is 17.2 Å². The third kappa shape index (κ3) is 1.85. The van der Waals surface area contributed by atoms with Crippen molar-refractivity contribution in [1.82, 2.24) is 5.32 Å². The number of carbonyl (C=O) groups excluding carboxylic acids is 1. The summed E-state index contributed by atoms with van der Waals surface area (Å²) in [5, 5.41) is 3.99. The molecule has 1 aliphatic heterocycles. The minimum absolute atomic E-state index is 0.152. The maximum absolute atomic E-state index is 11.6. The first-order chi connectivity index (χ1) is 8.29. The van der Waals surface area contributed by atoms with E-state index >= 15 is 0 Å². The first-order valence-corrected chi connectivity index (χ1v) is 6.88. The number of hydrogen-bond acceptors (Lipinski definition) is 4. The molecule has 1 aliphatic carbocycles. The standard InChI is InChI=1S/C13H15NO2S/c1-16-13(15)10-7-17-11-6-8-4-2-3-5-9(8)12(11)14-10/h2-5,10-12,14H,6-7H2,1H3. The van der Waals surface area contributed by atoms with Crippen molar-refractivity contribution in [3.63, 3.8) is 0 Å². The summed E-state index contributed by atoms with van der Waals surface area (Å²) >= 11 is 1.88. The van der Waals surface area contributed by atoms with Crippen LogP contribution in [0, 0.1) is 0 Å². The zero-order chi connectivity index (χ0) is 11.8. The lowest BCUT2D eigenvalue weighted by Gasteiger charge is -2.32. The molecule has 0 aromatic heterocycles. The van der Waals surface area contributed by atoms with Gasteiger partial charge in [0.1, 0.15) is 6.04 Å². The largest absolute Gasteiger partial charge is 0.468 e. The molecule has 90 valence electrons. The molecule has 0 spiro atoms. The fourth-order valence-corrected chi connectivity index (χ4v) is 4.06. The topological polar surface area (TPSA) is 38.3 Å². The molecule has 3 rings (SSSR count). The van der Waals surface area contributed by atoms with E-state index in [4.69, 9.17) is 4.74 Å². The van der Waals surface area contributed by atoms with E-state index in [1.807, 2.05) is 11.8 Å². The fourth-order valence-electron chi connectivity index (χ4n) is 2.67. The van der Waals surface area contributed by atoms with Crippen LogP contribution in [0.15, 0.2) is 24.3 Å². The van der Waals surface area contributed by atoms with Crippen LogP contribution in [0.5, 0.6) is 0 Å². The average Bonchev–Trinajstić information content (AvgIpc) is 2.75. The van der Waals surface area contributed by atoms with Crippen LogP contribution in [-0.4, -0.2) is 30.1 Å². The van der Waals surface area contributed by atoms with E-state index in [1.165, 1.54) is 18.2 Å². The molecule has 1 N–H and O–H groups in total. The van der Waals surface area contributed by atoms with E-state index in [2.05, 4.69) is 29.6 Å². The number of hydrogen-bond donors (Lipinski definition) is 1. The minimum atomic E-state index is -0.169. The first-order valence-electron chi connectivity index (χ1n) is 5.83. The van der Waals surface area contributed by atoms with Crippen molar-refractivity contribution in [2.75, 3.05) is 12.9 Å². The molecule has 1 aromatic rings. The second kappa shape index (κ2) is 4.35. The molecule has 1 saturated heterocycles. The van der Waals surface area contributed by atoms with Crippen LogP contribution in [0.3, 0.4) is 0 Å². The van der Waals surface area contributed by atoms with Crippen molar-refractivity contribution in [3.05, 3.63) is 35.4 Å². The monoisotopic (exact) mass is 249 g/mol. The Bertz CT molecular complexity index is 449. The molecule has 0 amide bonds. The quantitative estimate of drug-likeness (QED) is 0.766. The Morgan fingerprint density at radius 1 is 1.47 bits per heavy atom. The summed E-state index contributed by atoms with van der Waals surface area (Å²) in [5.41, 5.74) is 2.76. The lowest BCUT2D eigenvalue weighted by atomic mass is 10.1. The molecule has 17 heavy (non-hydrogen) atoms. The van der Waals surface area contributed by atoms with E-state index in [1.54, 1.807) is 0 Å². The number of carbonyl (C=O) groups is 1. The summed E-state index contributed by atoms with van der Waals surface area (Å²) in [7, 11) is 1.45. The van der Waals surface area contributed by atoms with Gasteiger partial charge in [0.25, 0.3) is 0 Å². The van der Waals surface area contributed by atoms with Gasteiger partial charge in [-0.15, -0.1) is 0 Å². The molecule has 1 heterocycles. The SMILES string of the molecule is COC(=O)C1CSC2Cc3ccccc3C2N1. The summed E-state index contributed by atoms with van der Waals surface area (Å²) < 4.78 is 4.81. The summed E-state index contributed by atoms with van der Waals surface area (Å²) in [5.74, 6) is 0.655. The van der Waals surface area contributed by atoms with Crippen molar-refractivity contribution in [2.24, 2.45) is 0 Å². The molecule has 0 bridgehead atoms. The van der Waals surface area contributed by atoms with Crippen molar-refractivity contribution in [1.29, 1.82) is 0 Å². The van der Waals surface area contributed by atoms with E-state index in [-0.39, 0.29) is 12.0 Å². The van der Waals surface area contributed by atoms with Crippen molar-refractivity contribution in [3.8, 4) is 0 Å². The molecule has 0 saturated carbocycles. The number of ether oxygens (including phenoxy) is 1. The number of methoxy groups -OCH3 is 1. The highest BCUT2D eigenvalue weighted by Gasteiger charge is 2.39. The van der Waals surface area contributed by atoms with Gasteiger partial charge < -0.3 is 4.74 Å². The van der Waals surface area contributed by atoms with Crippen LogP contribution >= 0.6 is 11.8 Å². The maximum Gasteiger partial charge on any atom is 0.323 e. The first kappa shape index (κ1) is 11.1. The number of nitrogens with one attached hydrogen (secondary N) is 1. The van der Waals surface area contributed by atoms with Gasteiger partial charge in [-0.05, 0) is 17.5 Å². The van der Waals surface area contributed by atoms with Gasteiger partial charge in [0.2, 0.25) is 0 Å². The molecule has 3 atom stereocenters. The molecule has 1 fully saturated rings. The summed E-state index contributed by atoms with van der Waals surface area (Å²) in [6.07, 6.45) is 1.10. The van der Waals surface area contributed by atoms with Crippen molar-refractivity contribution >= 4 is 17.7 Å². The normalized spacial score (nSPS) is 30.5. The number of fused-ring (bicyclic) bond motifs is 3. The van der Waals surface area contributed by atoms with Gasteiger partial charge >= 0.3 is 5.97 Å². The van der Waals surface area contributed by atoms with Crippen LogP contribution in [0.25, 0.3) is 0 Å². The van der Waals surface area contributed by atoms with E-state index in [9.17, 15) is 4.79 Å². The van der Waals surface area contributed by atoms with E-state index in [0.29, 0.717) is 11.3 Å². The molecular weight excluding hydrogens is 234 g/mol. The Balaban J connectivity index is 1.84. The Morgan fingerprint density at radius 3 is 3.12 bits per heavy atom. The lowest BCUT2D eigenvalue weighted by Crippen LogP contribution is -2.47. The van der Waals surface area contributed by atoms with E-state index in [0.717, 1.165) is 12.2 Å². The predicted octanol–water partition coefficient (Wildman–Crippen LogP) is 1.53. The number of benzene rings is 1. The number of thioether (sulfide) groups is 1. The van der Waals surface area contributed by atoms with Crippen LogP contribution in [-0.2, 0) is 16.0 Å². The van der Waals surface area contributed by atoms with Crippen LogP contribution in [0.4, 0.5) is 0 Å². The highest BCUT2D eigenvalue weighted by Crippen LogP contribution is 2.41. The second-order valence-corrected chi connectivity index (χ2v) is 5.77. The third-order valence-electron chi connectivity index (χ3n) is 3.53. The smallest absolute Gasteiger partial charge is 0.323 e. The molecule has 4 heteroatoms. The minimum Gasteiger partial charge on any atom is -0.468 e. The summed E-state index contributed by atoms with van der Waals surface area (Å²) in [4.78, 5) is 11.6. The number of esters is 1. The molecule has 2 aliphatic rings. The number of rotatable bonds is 1. The van der Waals surface area contributed by atoms with E-state index < -0.39 is 0 Å². The van der Waals surface area contributed by atoms with Gasteiger partial charge in [0.15, 0.2) is 0 Å². The Hall–Kier alpha value is -1.00. The molecule has 1 aromatic carbocycles. The van der Waals surface area contributed by atoms with Gasteiger partial charge in [-0.25, -0.2) is 0 Å². The summed E-state index contributed by atoms with van der Waals surface area (Å²) in [6.45, 7) is 0. The Labute approximate surface area is 105 Å². The van der Waals surface area contributed by atoms with Gasteiger partial charge in [-0.1, -0.05) is 24.3 Å². The Morgan fingerprint density at radius 2 is 2.29 bits per heavy atom. The zero-order valence-electron chi connectivity index (χ0n) is 9.68. The lowest BCUT2D eigenvalue weighted by molar-refractivity contribution is -0.142. The van der Waals surface area contributed by atoms with Gasteiger partial charge in [0.05, 0.1) is 7.11 Å². The van der Waals surface area contributed by atoms with Gasteiger partial charge in [-0.2, -0.15) is 11.8 Å². The van der Waals surface area contributed by atoms with Crippen molar-refractivity contribution in [2.45, 2.75) is 23.8 Å². The predicted molar refractivity (Wildman–Crippen MR) is 68.1 cm³/mol. The molecule has 3 unspecified atom stereocenters. The molecular formula is C13H15NO2S. The van der Waals surface area contributed by atoms with Crippen molar-refractivity contribution < 1.29 is 9.53 Å². The highest BCUT2D eigenvalue weighted by molar-refractivity contribution is 8.00. The fraction of sp³-hybridized carbons (Fsp3) is 0.462. The van der Waals surface area contributed by atoms with Crippen LogP contribution in [0.2, 0.25) is 0 Å². The molecule has 0 radical (unpaired) electrons. The molecule has 3 nitrogen and oxygen atoms in total. The third-order valence-corrected chi connectivity index (χ3v) is 4.92. The van der Waals surface area contributed by atoms with Gasteiger partial charge in [0, 0.05) is 17.0 Å². The average molecular weight is 249 g/mol.